The van der Waals surface area contributed by atoms with Crippen LogP contribution in [0.4, 0.5) is 5.69 Å². The Morgan fingerprint density at radius 1 is 1.29 bits per heavy atom. The number of halogens is 1. The van der Waals surface area contributed by atoms with Crippen LogP contribution in [0.5, 0.6) is 5.75 Å². The smallest absolute Gasteiger partial charge is 0.313 e. The second-order valence-corrected chi connectivity index (χ2v) is 5.00. The monoisotopic (exact) mass is 303 g/mol. The van der Waals surface area contributed by atoms with E-state index in [4.69, 9.17) is 16.3 Å². The number of benzene rings is 2. The van der Waals surface area contributed by atoms with E-state index in [0.29, 0.717) is 5.56 Å². The van der Waals surface area contributed by atoms with Gasteiger partial charge in [-0.25, -0.2) is 0 Å². The summed E-state index contributed by atoms with van der Waals surface area (Å²) >= 11 is 5.86. The van der Waals surface area contributed by atoms with Gasteiger partial charge in [0.05, 0.1) is 4.92 Å². The number of aliphatic hydroxyl groups excluding tert-OH is 1. The number of fused-ring (bicyclic) bond motifs is 1. The number of hydrogen-bond acceptors (Lipinski definition) is 4. The van der Waals surface area contributed by atoms with Crippen LogP contribution in [0, 0.1) is 10.1 Å². The van der Waals surface area contributed by atoms with Crippen molar-refractivity contribution < 1.29 is 14.8 Å². The molecule has 2 aromatic carbocycles. The largest absolute Gasteiger partial charge is 0.451 e. The number of nitro benzene ring substituents is 1. The molecule has 1 heterocycles. The third-order valence-corrected chi connectivity index (χ3v) is 3.37. The molecule has 6 heteroatoms. The molecule has 1 aliphatic heterocycles. The summed E-state index contributed by atoms with van der Waals surface area (Å²) in [6.07, 6.45) is 0.570. The van der Waals surface area contributed by atoms with Gasteiger partial charge < -0.3 is 9.84 Å². The molecule has 0 fully saturated rings. The molecular weight excluding hydrogens is 294 g/mol. The van der Waals surface area contributed by atoms with Crippen molar-refractivity contribution in [2.45, 2.75) is 6.10 Å². The van der Waals surface area contributed by atoms with Gasteiger partial charge in [-0.2, -0.15) is 0 Å². The van der Waals surface area contributed by atoms with E-state index in [1.807, 2.05) is 30.3 Å². The van der Waals surface area contributed by atoms with Gasteiger partial charge in [-0.05, 0) is 17.7 Å². The molecule has 0 aliphatic carbocycles. The first kappa shape index (κ1) is 13.6. The van der Waals surface area contributed by atoms with E-state index in [9.17, 15) is 15.2 Å². The number of nitrogens with zero attached hydrogens (tertiary/aromatic N) is 1. The first-order chi connectivity index (χ1) is 10.1. The molecule has 1 aliphatic rings. The molecule has 0 spiro atoms. The van der Waals surface area contributed by atoms with Gasteiger partial charge in [0.25, 0.3) is 0 Å². The highest BCUT2D eigenvalue weighted by Crippen LogP contribution is 2.46. The third kappa shape index (κ3) is 2.49. The molecular formula is C15H10ClNO4. The molecule has 1 N–H and O–H groups in total. The lowest BCUT2D eigenvalue weighted by atomic mass is 10.1. The Morgan fingerprint density at radius 3 is 2.67 bits per heavy atom. The summed E-state index contributed by atoms with van der Waals surface area (Å²) in [6, 6.07) is 11.9. The highest BCUT2D eigenvalue weighted by Gasteiger charge is 2.34. The highest BCUT2D eigenvalue weighted by molar-refractivity contribution is 6.31. The Balaban J connectivity index is 2.06. The quantitative estimate of drug-likeness (QED) is 0.678. The van der Waals surface area contributed by atoms with Crippen LogP contribution >= 0.6 is 11.6 Å². The Morgan fingerprint density at radius 2 is 2.00 bits per heavy atom. The van der Waals surface area contributed by atoms with Gasteiger partial charge in [0.1, 0.15) is 11.9 Å². The molecule has 0 aromatic heterocycles. The standard InChI is InChI=1S/C15H10ClNO4/c16-10-7-11-14(18)13(6-9-4-2-1-3-5-9)21-15(11)12(8-10)17(19)20/h1-8,14,18H/b13-6-. The minimum Gasteiger partial charge on any atom is -0.451 e. The third-order valence-electron chi connectivity index (χ3n) is 3.15. The molecule has 0 saturated carbocycles. The fourth-order valence-corrected chi connectivity index (χ4v) is 2.42. The minimum atomic E-state index is -1.07. The van der Waals surface area contributed by atoms with E-state index in [-0.39, 0.29) is 22.2 Å². The van der Waals surface area contributed by atoms with Crippen molar-refractivity contribution >= 4 is 23.4 Å². The van der Waals surface area contributed by atoms with Crippen molar-refractivity contribution in [1.82, 2.24) is 0 Å². The lowest BCUT2D eigenvalue weighted by Crippen LogP contribution is -1.96. The number of rotatable bonds is 2. The zero-order valence-electron chi connectivity index (χ0n) is 10.7. The molecule has 0 radical (unpaired) electrons. The molecule has 21 heavy (non-hydrogen) atoms. The second-order valence-electron chi connectivity index (χ2n) is 4.56. The van der Waals surface area contributed by atoms with Crippen LogP contribution in [0.3, 0.4) is 0 Å². The second kappa shape index (κ2) is 5.20. The molecule has 1 atom stereocenters. The maximum Gasteiger partial charge on any atom is 0.313 e. The summed E-state index contributed by atoms with van der Waals surface area (Å²) in [5.74, 6) is 0.278. The summed E-state index contributed by atoms with van der Waals surface area (Å²) in [7, 11) is 0. The highest BCUT2D eigenvalue weighted by atomic mass is 35.5. The zero-order chi connectivity index (χ0) is 15.0. The van der Waals surface area contributed by atoms with Crippen molar-refractivity contribution in [2.24, 2.45) is 0 Å². The molecule has 0 bridgehead atoms. The predicted octanol–water partition coefficient (Wildman–Crippen LogP) is 3.72. The van der Waals surface area contributed by atoms with Crippen molar-refractivity contribution in [3.63, 3.8) is 0 Å². The van der Waals surface area contributed by atoms with Crippen LogP contribution in [0.1, 0.15) is 17.2 Å². The van der Waals surface area contributed by atoms with Crippen molar-refractivity contribution in [1.29, 1.82) is 0 Å². The van der Waals surface area contributed by atoms with Gasteiger partial charge in [0, 0.05) is 16.7 Å². The van der Waals surface area contributed by atoms with Crippen LogP contribution in [0.15, 0.2) is 48.2 Å². The summed E-state index contributed by atoms with van der Waals surface area (Å²) in [6.45, 7) is 0. The number of hydrogen-bond donors (Lipinski definition) is 1. The summed E-state index contributed by atoms with van der Waals surface area (Å²) < 4.78 is 5.48. The molecule has 0 saturated heterocycles. The summed E-state index contributed by atoms with van der Waals surface area (Å²) in [5.41, 5.74) is 0.873. The van der Waals surface area contributed by atoms with E-state index in [1.54, 1.807) is 6.08 Å². The zero-order valence-corrected chi connectivity index (χ0v) is 11.4. The van der Waals surface area contributed by atoms with Crippen molar-refractivity contribution in [2.75, 3.05) is 0 Å². The van der Waals surface area contributed by atoms with Crippen LogP contribution in [0.2, 0.25) is 5.02 Å². The molecule has 5 nitrogen and oxygen atoms in total. The van der Waals surface area contributed by atoms with Gasteiger partial charge >= 0.3 is 5.69 Å². The molecule has 2 aromatic rings. The fraction of sp³-hybridized carbons (Fsp3) is 0.0667. The normalized spacial score (nSPS) is 18.4. The van der Waals surface area contributed by atoms with E-state index in [2.05, 4.69) is 0 Å². The lowest BCUT2D eigenvalue weighted by molar-refractivity contribution is -0.385. The van der Waals surface area contributed by atoms with Crippen LogP contribution in [-0.2, 0) is 0 Å². The van der Waals surface area contributed by atoms with E-state index in [1.165, 1.54) is 12.1 Å². The molecule has 3 rings (SSSR count). The first-order valence-electron chi connectivity index (χ1n) is 6.16. The van der Waals surface area contributed by atoms with Crippen LogP contribution < -0.4 is 4.74 Å². The minimum absolute atomic E-state index is 0.0408. The molecule has 1 unspecified atom stereocenters. The van der Waals surface area contributed by atoms with Gasteiger partial charge in [-0.3, -0.25) is 10.1 Å². The number of nitro groups is 1. The van der Waals surface area contributed by atoms with Gasteiger partial charge in [0.15, 0.2) is 0 Å². The maximum atomic E-state index is 11.1. The van der Waals surface area contributed by atoms with Crippen molar-refractivity contribution in [3.8, 4) is 5.75 Å². The average molecular weight is 304 g/mol. The van der Waals surface area contributed by atoms with E-state index >= 15 is 0 Å². The average Bonchev–Trinajstić information content (AvgIpc) is 2.76. The summed E-state index contributed by atoms with van der Waals surface area (Å²) in [5, 5.41) is 21.5. The SMILES string of the molecule is O=[N+]([O-])c1cc(Cl)cc2c1O/C(=C\c1ccccc1)C2O. The maximum absolute atomic E-state index is 11.1. The summed E-state index contributed by atoms with van der Waals surface area (Å²) in [4.78, 5) is 10.5. The van der Waals surface area contributed by atoms with Crippen LogP contribution in [-0.4, -0.2) is 10.0 Å². The van der Waals surface area contributed by atoms with Gasteiger partial charge in [-0.1, -0.05) is 41.9 Å². The fourth-order valence-electron chi connectivity index (χ4n) is 2.20. The molecule has 106 valence electrons. The Hall–Kier alpha value is -2.37. The number of aliphatic hydroxyl groups is 1. The Bertz CT molecular complexity index is 743. The number of ether oxygens (including phenoxy) is 1. The van der Waals surface area contributed by atoms with Gasteiger partial charge in [-0.15, -0.1) is 0 Å². The lowest BCUT2D eigenvalue weighted by Gasteiger charge is -2.03. The van der Waals surface area contributed by atoms with E-state index in [0.717, 1.165) is 5.56 Å². The predicted molar refractivity (Wildman–Crippen MR) is 78.1 cm³/mol. The topological polar surface area (TPSA) is 72.6 Å². The van der Waals surface area contributed by atoms with E-state index < -0.39 is 11.0 Å². The van der Waals surface area contributed by atoms with Crippen LogP contribution in [0.25, 0.3) is 6.08 Å². The molecule has 0 amide bonds. The Kier molecular flexibility index (Phi) is 3.37. The van der Waals surface area contributed by atoms with Crippen molar-refractivity contribution in [3.05, 3.63) is 74.5 Å². The van der Waals surface area contributed by atoms with Gasteiger partial charge in [0.2, 0.25) is 5.75 Å². The Labute approximate surface area is 125 Å². The first-order valence-corrected chi connectivity index (χ1v) is 6.54.